The highest BCUT2D eigenvalue weighted by Crippen LogP contribution is 2.24. The highest BCUT2D eigenvalue weighted by Gasteiger charge is 2.09. The van der Waals surface area contributed by atoms with Gasteiger partial charge in [-0.3, -0.25) is 9.78 Å². The first-order valence-electron chi connectivity index (χ1n) is 9.81. The van der Waals surface area contributed by atoms with Gasteiger partial charge in [0.2, 0.25) is 5.95 Å². The van der Waals surface area contributed by atoms with Gasteiger partial charge < -0.3 is 25.5 Å². The summed E-state index contributed by atoms with van der Waals surface area (Å²) in [4.78, 5) is 28.1. The number of hydrogen-bond acceptors (Lipinski definition) is 7. The monoisotopic (exact) mass is 418 g/mol. The van der Waals surface area contributed by atoms with Crippen LogP contribution in [0.1, 0.15) is 16.9 Å². The maximum absolute atomic E-state index is 11.8. The Morgan fingerprint density at radius 1 is 1.10 bits per heavy atom. The molecule has 9 nitrogen and oxygen atoms in total. The normalized spacial score (nSPS) is 10.8. The molecule has 31 heavy (non-hydrogen) atoms. The smallest absolute Gasteiger partial charge is 0.267 e. The van der Waals surface area contributed by atoms with Gasteiger partial charge in [0.15, 0.2) is 0 Å². The number of anilines is 2. The molecule has 0 aliphatic carbocycles. The minimum atomic E-state index is -0.170. The fraction of sp³-hybridized carbons (Fsp3) is 0.182. The Balaban J connectivity index is 1.53. The lowest BCUT2D eigenvalue weighted by Gasteiger charge is -2.08. The number of amides is 1. The molecule has 9 heteroatoms. The molecule has 0 saturated carbocycles. The summed E-state index contributed by atoms with van der Waals surface area (Å²) in [6, 6.07) is 12.8. The molecule has 4 aromatic rings. The van der Waals surface area contributed by atoms with Gasteiger partial charge in [0.05, 0.1) is 18.0 Å². The molecule has 158 valence electrons. The summed E-state index contributed by atoms with van der Waals surface area (Å²) in [7, 11) is 1.59. The molecule has 1 aromatic carbocycles. The van der Waals surface area contributed by atoms with E-state index in [1.165, 1.54) is 0 Å². The zero-order chi connectivity index (χ0) is 21.6. The van der Waals surface area contributed by atoms with E-state index >= 15 is 0 Å². The summed E-state index contributed by atoms with van der Waals surface area (Å²) in [6.45, 7) is 0.514. The quantitative estimate of drug-likeness (QED) is 0.324. The van der Waals surface area contributed by atoms with Crippen molar-refractivity contribution < 1.29 is 14.6 Å². The SMILES string of the molecule is CNC(=O)c1cc2cc(Nc3nccc(-c4cc(OCCCO)ccn4)n3)ccc2[nH]1. The number of aliphatic hydroxyl groups excluding tert-OH is 1. The van der Waals surface area contributed by atoms with Crippen LogP contribution in [-0.2, 0) is 0 Å². The second-order valence-electron chi connectivity index (χ2n) is 6.76. The fourth-order valence-electron chi connectivity index (χ4n) is 3.05. The summed E-state index contributed by atoms with van der Waals surface area (Å²) in [6.07, 6.45) is 3.88. The molecule has 3 aromatic heterocycles. The third-order valence-corrected chi connectivity index (χ3v) is 4.57. The van der Waals surface area contributed by atoms with E-state index in [9.17, 15) is 4.79 Å². The molecule has 4 N–H and O–H groups in total. The first-order chi connectivity index (χ1) is 15.2. The number of H-pyrrole nitrogens is 1. The number of aliphatic hydroxyl groups is 1. The lowest BCUT2D eigenvalue weighted by atomic mass is 10.2. The molecule has 0 unspecified atom stereocenters. The zero-order valence-electron chi connectivity index (χ0n) is 16.9. The molecule has 0 aliphatic heterocycles. The number of carbonyl (C=O) groups excluding carboxylic acids is 1. The van der Waals surface area contributed by atoms with Crippen molar-refractivity contribution in [2.45, 2.75) is 6.42 Å². The Morgan fingerprint density at radius 2 is 1.97 bits per heavy atom. The maximum atomic E-state index is 11.8. The Morgan fingerprint density at radius 3 is 2.81 bits per heavy atom. The van der Waals surface area contributed by atoms with Gasteiger partial charge >= 0.3 is 0 Å². The summed E-state index contributed by atoms with van der Waals surface area (Å²) in [5, 5.41) is 15.6. The number of fused-ring (bicyclic) bond motifs is 1. The second-order valence-corrected chi connectivity index (χ2v) is 6.76. The first kappa shape index (κ1) is 20.3. The van der Waals surface area contributed by atoms with Crippen molar-refractivity contribution in [1.82, 2.24) is 25.3 Å². The topological polar surface area (TPSA) is 125 Å². The number of aromatic amines is 1. The Bertz CT molecular complexity index is 1210. The van der Waals surface area contributed by atoms with E-state index in [0.717, 1.165) is 16.6 Å². The van der Waals surface area contributed by atoms with Crippen molar-refractivity contribution in [3.05, 3.63) is 60.6 Å². The molecule has 0 fully saturated rings. The summed E-state index contributed by atoms with van der Waals surface area (Å²) >= 11 is 0. The van der Waals surface area contributed by atoms with Gasteiger partial charge in [-0.2, -0.15) is 0 Å². The number of nitrogens with one attached hydrogen (secondary N) is 3. The highest BCUT2D eigenvalue weighted by atomic mass is 16.5. The molecule has 3 heterocycles. The second kappa shape index (κ2) is 9.23. The lowest BCUT2D eigenvalue weighted by molar-refractivity contribution is 0.0959. The van der Waals surface area contributed by atoms with E-state index in [0.29, 0.717) is 41.8 Å². The van der Waals surface area contributed by atoms with Crippen LogP contribution in [0, 0.1) is 0 Å². The van der Waals surface area contributed by atoms with Crippen LogP contribution in [0.3, 0.4) is 0 Å². The molecule has 0 aliphatic rings. The number of hydrogen-bond donors (Lipinski definition) is 4. The largest absolute Gasteiger partial charge is 0.493 e. The Kier molecular flexibility index (Phi) is 6.04. The minimum absolute atomic E-state index is 0.0839. The van der Waals surface area contributed by atoms with Gasteiger partial charge in [0.25, 0.3) is 5.91 Å². The number of aromatic nitrogens is 4. The number of carbonyl (C=O) groups is 1. The standard InChI is InChI=1S/C22H22N6O3/c1-23-21(30)20-12-14-11-15(3-4-17(14)27-20)26-22-25-8-6-18(28-22)19-13-16(5-7-24-19)31-10-2-9-29/h3-8,11-13,27,29H,2,9-10H2,1H3,(H,23,30)(H,25,26,28). The zero-order valence-corrected chi connectivity index (χ0v) is 16.9. The lowest BCUT2D eigenvalue weighted by Crippen LogP contribution is -2.17. The summed E-state index contributed by atoms with van der Waals surface area (Å²) in [5.74, 6) is 0.917. The van der Waals surface area contributed by atoms with Crippen molar-refractivity contribution in [1.29, 1.82) is 0 Å². The number of ether oxygens (including phenoxy) is 1. The van der Waals surface area contributed by atoms with Gasteiger partial charge in [-0.25, -0.2) is 9.97 Å². The van der Waals surface area contributed by atoms with Crippen LogP contribution in [0.5, 0.6) is 5.75 Å². The van der Waals surface area contributed by atoms with Crippen LogP contribution in [0.25, 0.3) is 22.3 Å². The molecule has 0 atom stereocenters. The number of benzene rings is 1. The van der Waals surface area contributed by atoms with E-state index < -0.39 is 0 Å². The van der Waals surface area contributed by atoms with Gasteiger partial charge in [-0.1, -0.05) is 0 Å². The van der Waals surface area contributed by atoms with Gasteiger partial charge in [-0.15, -0.1) is 0 Å². The van der Waals surface area contributed by atoms with E-state index in [1.807, 2.05) is 18.2 Å². The molecule has 0 saturated heterocycles. The van der Waals surface area contributed by atoms with Crippen LogP contribution in [0.4, 0.5) is 11.6 Å². The van der Waals surface area contributed by atoms with Gasteiger partial charge in [0.1, 0.15) is 11.4 Å². The first-order valence-corrected chi connectivity index (χ1v) is 9.81. The Labute approximate surface area is 178 Å². The summed E-state index contributed by atoms with van der Waals surface area (Å²) in [5.41, 5.74) is 3.46. The molecular formula is C22H22N6O3. The third-order valence-electron chi connectivity index (χ3n) is 4.57. The molecule has 0 spiro atoms. The average molecular weight is 418 g/mol. The predicted octanol–water partition coefficient (Wildman–Crippen LogP) is 2.88. The van der Waals surface area contributed by atoms with Crippen molar-refractivity contribution in [2.75, 3.05) is 25.6 Å². The third kappa shape index (κ3) is 4.78. The molecule has 1 amide bonds. The van der Waals surface area contributed by atoms with Crippen LogP contribution in [-0.4, -0.2) is 51.2 Å². The number of nitrogens with zero attached hydrogens (tertiary/aromatic N) is 3. The van der Waals surface area contributed by atoms with Crippen molar-refractivity contribution >= 4 is 28.4 Å². The maximum Gasteiger partial charge on any atom is 0.267 e. The highest BCUT2D eigenvalue weighted by molar-refractivity contribution is 5.98. The van der Waals surface area contributed by atoms with Gasteiger partial charge in [0, 0.05) is 55.1 Å². The van der Waals surface area contributed by atoms with E-state index in [-0.39, 0.29) is 12.5 Å². The molecule has 0 bridgehead atoms. The van der Waals surface area contributed by atoms with E-state index in [4.69, 9.17) is 9.84 Å². The molecular weight excluding hydrogens is 396 g/mol. The molecule has 0 radical (unpaired) electrons. The van der Waals surface area contributed by atoms with Crippen molar-refractivity contribution in [3.8, 4) is 17.1 Å². The minimum Gasteiger partial charge on any atom is -0.493 e. The van der Waals surface area contributed by atoms with E-state index in [1.54, 1.807) is 43.7 Å². The van der Waals surface area contributed by atoms with Crippen LogP contribution < -0.4 is 15.4 Å². The number of rotatable bonds is 8. The average Bonchev–Trinajstić information content (AvgIpc) is 3.23. The van der Waals surface area contributed by atoms with Crippen LogP contribution >= 0.6 is 0 Å². The van der Waals surface area contributed by atoms with Crippen LogP contribution in [0.2, 0.25) is 0 Å². The van der Waals surface area contributed by atoms with E-state index in [2.05, 4.69) is 30.6 Å². The number of pyridine rings is 1. The molecule has 4 rings (SSSR count). The Hall–Kier alpha value is -3.98. The summed E-state index contributed by atoms with van der Waals surface area (Å²) < 4.78 is 5.61. The fourth-order valence-corrected chi connectivity index (χ4v) is 3.05. The van der Waals surface area contributed by atoms with Gasteiger partial charge in [-0.05, 0) is 36.4 Å². The predicted molar refractivity (Wildman–Crippen MR) is 117 cm³/mol. The van der Waals surface area contributed by atoms with Crippen LogP contribution in [0.15, 0.2) is 54.9 Å². The van der Waals surface area contributed by atoms with Crippen molar-refractivity contribution in [3.63, 3.8) is 0 Å². The van der Waals surface area contributed by atoms with Crippen molar-refractivity contribution in [2.24, 2.45) is 0 Å².